The Morgan fingerprint density at radius 2 is 2.00 bits per heavy atom. The number of hydrogen-bond donors (Lipinski definition) is 2. The molecule has 20 heavy (non-hydrogen) atoms. The number of carbonyl (C=O) groups is 1. The number of thiocarbonyl (C=S) groups is 1. The van der Waals surface area contributed by atoms with Gasteiger partial charge < -0.3 is 16.4 Å². The van der Waals surface area contributed by atoms with Crippen LogP contribution in [0.15, 0.2) is 18.2 Å². The van der Waals surface area contributed by atoms with Gasteiger partial charge in [0, 0.05) is 17.3 Å². The summed E-state index contributed by atoms with van der Waals surface area (Å²) < 4.78 is 0. The van der Waals surface area contributed by atoms with Crippen molar-refractivity contribution in [2.75, 3.05) is 11.4 Å². The van der Waals surface area contributed by atoms with Gasteiger partial charge in [-0.1, -0.05) is 36.7 Å². The van der Waals surface area contributed by atoms with Crippen LogP contribution in [0.1, 0.15) is 31.2 Å². The highest BCUT2D eigenvalue weighted by atomic mass is 35.5. The molecule has 0 aliphatic heterocycles. The van der Waals surface area contributed by atoms with Crippen molar-refractivity contribution in [2.45, 2.75) is 31.7 Å². The van der Waals surface area contributed by atoms with Crippen LogP contribution in [0.4, 0.5) is 5.69 Å². The van der Waals surface area contributed by atoms with E-state index in [0.717, 1.165) is 18.5 Å². The van der Waals surface area contributed by atoms with Gasteiger partial charge in [0.2, 0.25) is 5.91 Å². The molecule has 2 rings (SSSR count). The van der Waals surface area contributed by atoms with E-state index in [4.69, 9.17) is 35.3 Å². The van der Waals surface area contributed by atoms with Gasteiger partial charge in [0.15, 0.2) is 0 Å². The molecule has 1 aromatic carbocycles. The van der Waals surface area contributed by atoms with Crippen LogP contribution in [-0.4, -0.2) is 23.5 Å². The minimum absolute atomic E-state index is 0.202. The molecule has 0 radical (unpaired) electrons. The third-order valence-electron chi connectivity index (χ3n) is 3.64. The van der Waals surface area contributed by atoms with Gasteiger partial charge in [-0.2, -0.15) is 0 Å². The van der Waals surface area contributed by atoms with Crippen LogP contribution in [0.5, 0.6) is 0 Å². The molecule has 1 fully saturated rings. The molecule has 1 aromatic rings. The third-order valence-corrected chi connectivity index (χ3v) is 4.17. The topological polar surface area (TPSA) is 72.4 Å². The molecule has 0 unspecified atom stereocenters. The normalized spacial score (nSPS) is 15.2. The fourth-order valence-electron chi connectivity index (χ4n) is 2.70. The number of rotatable bonds is 5. The zero-order valence-corrected chi connectivity index (χ0v) is 12.7. The molecule has 4 nitrogen and oxygen atoms in total. The zero-order valence-electron chi connectivity index (χ0n) is 11.1. The number of nitrogens with zero attached hydrogens (tertiary/aromatic N) is 1. The van der Waals surface area contributed by atoms with Crippen LogP contribution in [0.25, 0.3) is 0 Å². The number of anilines is 1. The summed E-state index contributed by atoms with van der Waals surface area (Å²) in [6.45, 7) is 0.202. The van der Waals surface area contributed by atoms with Crippen molar-refractivity contribution >= 4 is 40.4 Å². The summed E-state index contributed by atoms with van der Waals surface area (Å²) >= 11 is 11.1. The van der Waals surface area contributed by atoms with Crippen molar-refractivity contribution in [2.24, 2.45) is 11.5 Å². The molecular formula is C14H18ClN3OS. The quantitative estimate of drug-likeness (QED) is 0.818. The Balaban J connectivity index is 2.30. The van der Waals surface area contributed by atoms with Gasteiger partial charge in [0.1, 0.15) is 4.99 Å². The van der Waals surface area contributed by atoms with Gasteiger partial charge in [-0.25, -0.2) is 0 Å². The highest BCUT2D eigenvalue weighted by molar-refractivity contribution is 7.80. The van der Waals surface area contributed by atoms with E-state index in [0.29, 0.717) is 16.6 Å². The van der Waals surface area contributed by atoms with E-state index in [9.17, 15) is 4.79 Å². The monoisotopic (exact) mass is 311 g/mol. The number of halogens is 1. The number of nitrogens with two attached hydrogens (primary N) is 2. The van der Waals surface area contributed by atoms with Crippen molar-refractivity contribution in [3.05, 3.63) is 28.8 Å². The average Bonchev–Trinajstić information content (AvgIpc) is 2.88. The van der Waals surface area contributed by atoms with E-state index in [1.54, 1.807) is 12.1 Å². The number of benzene rings is 1. The Hall–Kier alpha value is -1.33. The predicted molar refractivity (Wildman–Crippen MR) is 86.1 cm³/mol. The van der Waals surface area contributed by atoms with E-state index in [1.807, 2.05) is 11.0 Å². The van der Waals surface area contributed by atoms with Crippen LogP contribution in [0.2, 0.25) is 5.02 Å². The average molecular weight is 312 g/mol. The molecule has 0 bridgehead atoms. The first kappa shape index (κ1) is 15.1. The van der Waals surface area contributed by atoms with Crippen LogP contribution >= 0.6 is 23.8 Å². The van der Waals surface area contributed by atoms with Crippen LogP contribution in [-0.2, 0) is 4.79 Å². The Bertz CT molecular complexity index is 529. The summed E-state index contributed by atoms with van der Waals surface area (Å²) in [7, 11) is 0. The molecule has 1 saturated carbocycles. The molecule has 0 heterocycles. The van der Waals surface area contributed by atoms with E-state index in [-0.39, 0.29) is 17.4 Å². The maximum Gasteiger partial charge on any atom is 0.236 e. The van der Waals surface area contributed by atoms with E-state index in [1.165, 1.54) is 12.8 Å². The maximum atomic E-state index is 11.3. The standard InChI is InChI=1S/C14H18ClN3OS/c15-12-7-10(5-6-11(12)14(17)20)18(8-13(16)19)9-3-1-2-4-9/h5-7,9H,1-4,8H2,(H2,16,19)(H2,17,20). The molecule has 0 spiro atoms. The summed E-state index contributed by atoms with van der Waals surface area (Å²) in [5.41, 5.74) is 12.5. The lowest BCUT2D eigenvalue weighted by Gasteiger charge is -2.30. The SMILES string of the molecule is NC(=O)CN(c1ccc(C(N)=S)c(Cl)c1)C1CCCC1. The summed E-state index contributed by atoms with van der Waals surface area (Å²) in [6, 6.07) is 5.83. The smallest absolute Gasteiger partial charge is 0.236 e. The van der Waals surface area contributed by atoms with Crippen molar-refractivity contribution < 1.29 is 4.79 Å². The Kier molecular flexibility index (Phi) is 4.83. The fraction of sp³-hybridized carbons (Fsp3) is 0.429. The Morgan fingerprint density at radius 1 is 1.35 bits per heavy atom. The van der Waals surface area contributed by atoms with Crippen molar-refractivity contribution in [3.8, 4) is 0 Å². The number of carbonyl (C=O) groups excluding carboxylic acids is 1. The van der Waals surface area contributed by atoms with Gasteiger partial charge in [0.25, 0.3) is 0 Å². The maximum absolute atomic E-state index is 11.3. The molecule has 1 aliphatic rings. The van der Waals surface area contributed by atoms with E-state index < -0.39 is 0 Å². The van der Waals surface area contributed by atoms with Crippen molar-refractivity contribution in [1.29, 1.82) is 0 Å². The molecule has 0 aromatic heterocycles. The van der Waals surface area contributed by atoms with Crippen LogP contribution < -0.4 is 16.4 Å². The number of primary amides is 1. The van der Waals surface area contributed by atoms with Gasteiger partial charge in [-0.15, -0.1) is 0 Å². The molecular weight excluding hydrogens is 294 g/mol. The molecule has 1 aliphatic carbocycles. The van der Waals surface area contributed by atoms with Crippen LogP contribution in [0.3, 0.4) is 0 Å². The lowest BCUT2D eigenvalue weighted by molar-refractivity contribution is -0.116. The van der Waals surface area contributed by atoms with Crippen LogP contribution in [0, 0.1) is 0 Å². The second kappa shape index (κ2) is 6.41. The molecule has 0 saturated heterocycles. The van der Waals surface area contributed by atoms with Gasteiger partial charge in [-0.05, 0) is 31.0 Å². The Morgan fingerprint density at radius 3 is 2.50 bits per heavy atom. The summed E-state index contributed by atoms with van der Waals surface area (Å²) in [5, 5.41) is 0.502. The molecule has 6 heteroatoms. The van der Waals surface area contributed by atoms with E-state index in [2.05, 4.69) is 0 Å². The first-order valence-corrected chi connectivity index (χ1v) is 7.42. The minimum atomic E-state index is -0.341. The van der Waals surface area contributed by atoms with Gasteiger partial charge in [-0.3, -0.25) is 4.79 Å². The minimum Gasteiger partial charge on any atom is -0.389 e. The third kappa shape index (κ3) is 3.41. The second-order valence-electron chi connectivity index (χ2n) is 5.06. The number of hydrogen-bond acceptors (Lipinski definition) is 3. The second-order valence-corrected chi connectivity index (χ2v) is 5.91. The first-order valence-electron chi connectivity index (χ1n) is 6.63. The fourth-order valence-corrected chi connectivity index (χ4v) is 3.21. The molecule has 108 valence electrons. The highest BCUT2D eigenvalue weighted by Crippen LogP contribution is 2.30. The van der Waals surface area contributed by atoms with Gasteiger partial charge >= 0.3 is 0 Å². The lowest BCUT2D eigenvalue weighted by atomic mass is 10.1. The lowest BCUT2D eigenvalue weighted by Crippen LogP contribution is -2.40. The van der Waals surface area contributed by atoms with Gasteiger partial charge in [0.05, 0.1) is 11.6 Å². The molecule has 4 N–H and O–H groups in total. The zero-order chi connectivity index (χ0) is 14.7. The molecule has 1 amide bonds. The van der Waals surface area contributed by atoms with E-state index >= 15 is 0 Å². The predicted octanol–water partition coefficient (Wildman–Crippen LogP) is 2.21. The number of amides is 1. The summed E-state index contributed by atoms with van der Waals surface area (Å²) in [6.07, 6.45) is 4.50. The summed E-state index contributed by atoms with van der Waals surface area (Å²) in [5.74, 6) is -0.341. The first-order chi connectivity index (χ1) is 9.49. The largest absolute Gasteiger partial charge is 0.389 e. The Labute approximate surface area is 129 Å². The molecule has 0 atom stereocenters. The van der Waals surface area contributed by atoms with Crippen molar-refractivity contribution in [3.63, 3.8) is 0 Å². The summed E-state index contributed by atoms with van der Waals surface area (Å²) in [4.78, 5) is 13.6. The van der Waals surface area contributed by atoms with Crippen molar-refractivity contribution in [1.82, 2.24) is 0 Å². The highest BCUT2D eigenvalue weighted by Gasteiger charge is 2.24.